The second-order valence-electron chi connectivity index (χ2n) is 2.96. The molecule has 1 aromatic heterocycles. The van der Waals surface area contributed by atoms with E-state index in [0.29, 0.717) is 21.3 Å². The van der Waals surface area contributed by atoms with Gasteiger partial charge in [0.15, 0.2) is 0 Å². The Morgan fingerprint density at radius 3 is 2.67 bits per heavy atom. The van der Waals surface area contributed by atoms with E-state index < -0.39 is 0 Å². The van der Waals surface area contributed by atoms with Crippen molar-refractivity contribution in [3.63, 3.8) is 0 Å². The van der Waals surface area contributed by atoms with Crippen LogP contribution in [0.1, 0.15) is 0 Å². The molecule has 0 unspecified atom stereocenters. The Kier molecular flexibility index (Phi) is 2.89. The summed E-state index contributed by atoms with van der Waals surface area (Å²) in [5.41, 5.74) is 0.715. The minimum absolute atomic E-state index is 0.313. The van der Waals surface area contributed by atoms with E-state index in [4.69, 9.17) is 23.2 Å². The largest absolute Gasteiger partial charge is 0.255 e. The highest BCUT2D eigenvalue weighted by atomic mass is 35.5. The van der Waals surface area contributed by atoms with Gasteiger partial charge in [0.05, 0.1) is 10.7 Å². The van der Waals surface area contributed by atoms with E-state index >= 15 is 0 Å². The third-order valence-electron chi connectivity index (χ3n) is 1.94. The van der Waals surface area contributed by atoms with Gasteiger partial charge >= 0.3 is 0 Å². The zero-order chi connectivity index (χ0) is 10.8. The van der Waals surface area contributed by atoms with E-state index in [2.05, 4.69) is 4.98 Å². The number of benzene rings is 1. The van der Waals surface area contributed by atoms with Gasteiger partial charge < -0.3 is 0 Å². The molecule has 1 heterocycles. The number of pyridine rings is 1. The predicted molar refractivity (Wildman–Crippen MR) is 59.7 cm³/mol. The van der Waals surface area contributed by atoms with Crippen LogP contribution in [0.25, 0.3) is 11.3 Å². The van der Waals surface area contributed by atoms with Crippen molar-refractivity contribution in [2.75, 3.05) is 0 Å². The molecule has 0 radical (unpaired) electrons. The molecule has 15 heavy (non-hydrogen) atoms. The van der Waals surface area contributed by atoms with Crippen molar-refractivity contribution in [2.24, 2.45) is 0 Å². The van der Waals surface area contributed by atoms with E-state index in [1.54, 1.807) is 18.3 Å². The fourth-order valence-electron chi connectivity index (χ4n) is 1.26. The summed E-state index contributed by atoms with van der Waals surface area (Å²) in [6.07, 6.45) is 1.56. The molecule has 0 spiro atoms. The van der Waals surface area contributed by atoms with E-state index in [1.807, 2.05) is 0 Å². The number of hydrogen-bond acceptors (Lipinski definition) is 1. The Morgan fingerprint density at radius 1 is 1.13 bits per heavy atom. The van der Waals surface area contributed by atoms with Crippen LogP contribution in [-0.4, -0.2) is 4.98 Å². The first-order valence-corrected chi connectivity index (χ1v) is 5.00. The van der Waals surface area contributed by atoms with Gasteiger partial charge in [-0.15, -0.1) is 0 Å². The molecule has 0 saturated carbocycles. The van der Waals surface area contributed by atoms with Crippen LogP contribution in [0.3, 0.4) is 0 Å². The van der Waals surface area contributed by atoms with Crippen molar-refractivity contribution in [3.05, 3.63) is 52.4 Å². The number of nitrogens with zero attached hydrogens (tertiary/aromatic N) is 1. The van der Waals surface area contributed by atoms with E-state index in [9.17, 15) is 4.39 Å². The molecule has 0 fully saturated rings. The summed E-state index contributed by atoms with van der Waals surface area (Å²) in [7, 11) is 0. The zero-order valence-electron chi connectivity index (χ0n) is 7.55. The Labute approximate surface area is 96.5 Å². The molecule has 4 heteroatoms. The fraction of sp³-hybridized carbons (Fsp3) is 0. The molecule has 0 aliphatic carbocycles. The number of aromatic nitrogens is 1. The molecule has 1 nitrogen and oxygen atoms in total. The van der Waals surface area contributed by atoms with Crippen molar-refractivity contribution in [1.82, 2.24) is 4.98 Å². The Hall–Kier alpha value is -1.12. The average molecular weight is 242 g/mol. The Morgan fingerprint density at radius 2 is 1.93 bits per heavy atom. The summed E-state index contributed by atoms with van der Waals surface area (Å²) < 4.78 is 13.5. The van der Waals surface area contributed by atoms with E-state index in [-0.39, 0.29) is 5.82 Å². The first kappa shape index (κ1) is 10.4. The monoisotopic (exact) mass is 241 g/mol. The molecule has 0 aliphatic rings. The summed E-state index contributed by atoms with van der Waals surface area (Å²) in [4.78, 5) is 4.02. The lowest BCUT2D eigenvalue weighted by atomic mass is 10.1. The van der Waals surface area contributed by atoms with Crippen molar-refractivity contribution < 1.29 is 4.39 Å². The molecule has 0 amide bonds. The molecule has 1 aromatic carbocycles. The van der Waals surface area contributed by atoms with E-state index in [1.165, 1.54) is 18.2 Å². The summed E-state index contributed by atoms with van der Waals surface area (Å²) in [6, 6.07) is 7.63. The van der Waals surface area contributed by atoms with E-state index in [0.717, 1.165) is 0 Å². The van der Waals surface area contributed by atoms with Crippen LogP contribution in [0.2, 0.25) is 10.0 Å². The normalized spacial score (nSPS) is 10.3. The van der Waals surface area contributed by atoms with Crippen LogP contribution in [0.4, 0.5) is 4.39 Å². The van der Waals surface area contributed by atoms with Gasteiger partial charge in [0, 0.05) is 16.8 Å². The average Bonchev–Trinajstić information content (AvgIpc) is 2.23. The second kappa shape index (κ2) is 4.17. The lowest BCUT2D eigenvalue weighted by Gasteiger charge is -2.04. The third kappa shape index (κ3) is 2.11. The summed E-state index contributed by atoms with van der Waals surface area (Å²) in [5.74, 6) is -0.389. The molecule has 0 bridgehead atoms. The van der Waals surface area contributed by atoms with Gasteiger partial charge in [0.25, 0.3) is 0 Å². The van der Waals surface area contributed by atoms with Gasteiger partial charge in [-0.05, 0) is 30.3 Å². The SMILES string of the molecule is Fc1ccc(Cl)cc1-c1ncccc1Cl. The van der Waals surface area contributed by atoms with Crippen LogP contribution in [-0.2, 0) is 0 Å². The Balaban J connectivity index is 2.64. The lowest BCUT2D eigenvalue weighted by Crippen LogP contribution is -1.88. The highest BCUT2D eigenvalue weighted by Gasteiger charge is 2.10. The standard InChI is InChI=1S/C11H6Cl2FN/c12-7-3-4-10(14)8(6-7)11-9(13)2-1-5-15-11/h1-6H. The maximum atomic E-state index is 13.5. The first-order valence-electron chi connectivity index (χ1n) is 4.24. The first-order chi connectivity index (χ1) is 7.18. The van der Waals surface area contributed by atoms with Crippen LogP contribution in [0.15, 0.2) is 36.5 Å². The quantitative estimate of drug-likeness (QED) is 0.730. The van der Waals surface area contributed by atoms with Crippen molar-refractivity contribution in [1.29, 1.82) is 0 Å². The molecular weight excluding hydrogens is 236 g/mol. The van der Waals surface area contributed by atoms with Crippen LogP contribution >= 0.6 is 23.2 Å². The summed E-state index contributed by atoms with van der Waals surface area (Å²) in [6.45, 7) is 0. The maximum absolute atomic E-state index is 13.5. The van der Waals surface area contributed by atoms with Gasteiger partial charge in [-0.3, -0.25) is 4.98 Å². The van der Waals surface area contributed by atoms with Crippen LogP contribution in [0, 0.1) is 5.82 Å². The molecule has 76 valence electrons. The van der Waals surface area contributed by atoms with Crippen molar-refractivity contribution in [2.45, 2.75) is 0 Å². The fourth-order valence-corrected chi connectivity index (χ4v) is 1.66. The highest BCUT2D eigenvalue weighted by molar-refractivity contribution is 6.33. The number of hydrogen-bond donors (Lipinski definition) is 0. The predicted octanol–water partition coefficient (Wildman–Crippen LogP) is 4.19. The third-order valence-corrected chi connectivity index (χ3v) is 2.48. The lowest BCUT2D eigenvalue weighted by molar-refractivity contribution is 0.631. The molecular formula is C11H6Cl2FN. The summed E-state index contributed by atoms with van der Waals surface area (Å²) in [5, 5.41) is 0.854. The highest BCUT2D eigenvalue weighted by Crippen LogP contribution is 2.29. The number of rotatable bonds is 1. The van der Waals surface area contributed by atoms with Crippen LogP contribution in [0.5, 0.6) is 0 Å². The Bertz CT molecular complexity index is 500. The minimum atomic E-state index is -0.389. The smallest absolute Gasteiger partial charge is 0.132 e. The molecule has 0 aliphatic heterocycles. The molecule has 0 saturated heterocycles. The van der Waals surface area contributed by atoms with Gasteiger partial charge in [-0.25, -0.2) is 4.39 Å². The van der Waals surface area contributed by atoms with Crippen LogP contribution < -0.4 is 0 Å². The second-order valence-corrected chi connectivity index (χ2v) is 3.80. The molecule has 2 rings (SSSR count). The van der Waals surface area contributed by atoms with Gasteiger partial charge in [0.2, 0.25) is 0 Å². The van der Waals surface area contributed by atoms with Gasteiger partial charge in [0.1, 0.15) is 5.82 Å². The zero-order valence-corrected chi connectivity index (χ0v) is 9.06. The molecule has 0 N–H and O–H groups in total. The minimum Gasteiger partial charge on any atom is -0.255 e. The van der Waals surface area contributed by atoms with Gasteiger partial charge in [-0.1, -0.05) is 23.2 Å². The summed E-state index contributed by atoms with van der Waals surface area (Å²) >= 11 is 11.7. The number of halogens is 3. The molecule has 0 atom stereocenters. The van der Waals surface area contributed by atoms with Crippen molar-refractivity contribution in [3.8, 4) is 11.3 Å². The topological polar surface area (TPSA) is 12.9 Å². The molecule has 2 aromatic rings. The van der Waals surface area contributed by atoms with Gasteiger partial charge in [-0.2, -0.15) is 0 Å². The van der Waals surface area contributed by atoms with Crippen molar-refractivity contribution >= 4 is 23.2 Å². The maximum Gasteiger partial charge on any atom is 0.132 e.